The molecule has 1 saturated carbocycles. The fourth-order valence-corrected chi connectivity index (χ4v) is 3.88. The van der Waals surface area contributed by atoms with Crippen LogP contribution < -0.4 is 11.1 Å². The van der Waals surface area contributed by atoms with Gasteiger partial charge in [0.1, 0.15) is 6.04 Å². The molecule has 0 heterocycles. The first kappa shape index (κ1) is 20.4. The lowest BCUT2D eigenvalue weighted by Crippen LogP contribution is -2.38. The summed E-state index contributed by atoms with van der Waals surface area (Å²) >= 11 is 6.36. The van der Waals surface area contributed by atoms with Crippen molar-refractivity contribution in [2.24, 2.45) is 5.73 Å². The number of halogens is 1. The van der Waals surface area contributed by atoms with E-state index in [1.807, 2.05) is 25.2 Å². The molecule has 5 nitrogen and oxygen atoms in total. The molecule has 2 aromatic rings. The molecule has 0 radical (unpaired) electrons. The van der Waals surface area contributed by atoms with E-state index in [2.05, 4.69) is 5.32 Å². The summed E-state index contributed by atoms with van der Waals surface area (Å²) in [6.07, 6.45) is 5.61. The van der Waals surface area contributed by atoms with E-state index < -0.39 is 6.04 Å². The minimum absolute atomic E-state index is 0.0873. The lowest BCUT2D eigenvalue weighted by molar-refractivity contribution is -0.117. The van der Waals surface area contributed by atoms with Gasteiger partial charge in [0.05, 0.1) is 10.6 Å². The van der Waals surface area contributed by atoms with Gasteiger partial charge in [-0.2, -0.15) is 0 Å². The van der Waals surface area contributed by atoms with Gasteiger partial charge in [0.15, 0.2) is 0 Å². The van der Waals surface area contributed by atoms with Gasteiger partial charge in [0.2, 0.25) is 5.91 Å². The zero-order chi connectivity index (χ0) is 20.1. The number of carbonyl (C=O) groups is 2. The number of anilines is 1. The topological polar surface area (TPSA) is 75.4 Å². The van der Waals surface area contributed by atoms with Crippen LogP contribution in [0.4, 0.5) is 5.69 Å². The van der Waals surface area contributed by atoms with Gasteiger partial charge in [-0.3, -0.25) is 9.59 Å². The Balaban J connectivity index is 1.68. The van der Waals surface area contributed by atoms with Crippen LogP contribution in [0.3, 0.4) is 0 Å². The van der Waals surface area contributed by atoms with Crippen LogP contribution in [-0.4, -0.2) is 29.8 Å². The highest BCUT2D eigenvalue weighted by atomic mass is 35.5. The highest BCUT2D eigenvalue weighted by Crippen LogP contribution is 2.27. The molecule has 0 saturated heterocycles. The van der Waals surface area contributed by atoms with Crippen LogP contribution in [0.1, 0.15) is 54.1 Å². The van der Waals surface area contributed by atoms with E-state index in [4.69, 9.17) is 17.3 Å². The van der Waals surface area contributed by atoms with Crippen LogP contribution in [-0.2, 0) is 4.79 Å². The molecule has 1 aliphatic rings. The molecule has 0 aromatic heterocycles. The molecular formula is C22H26ClN3O2. The Bertz CT molecular complexity index is 835. The highest BCUT2D eigenvalue weighted by Gasteiger charge is 2.24. The van der Waals surface area contributed by atoms with Crippen molar-refractivity contribution in [3.63, 3.8) is 0 Å². The number of hydrogen-bond donors (Lipinski definition) is 2. The fraction of sp³-hybridized carbons (Fsp3) is 0.364. The van der Waals surface area contributed by atoms with Crippen LogP contribution in [0.5, 0.6) is 0 Å². The summed E-state index contributed by atoms with van der Waals surface area (Å²) in [7, 11) is 1.84. The van der Waals surface area contributed by atoms with Crippen LogP contribution in [0.25, 0.3) is 0 Å². The van der Waals surface area contributed by atoms with E-state index in [0.29, 0.717) is 16.3 Å². The predicted molar refractivity (Wildman–Crippen MR) is 112 cm³/mol. The van der Waals surface area contributed by atoms with Crippen molar-refractivity contribution >= 4 is 29.1 Å². The van der Waals surface area contributed by atoms with Crippen molar-refractivity contribution in [2.75, 3.05) is 12.4 Å². The van der Waals surface area contributed by atoms with E-state index >= 15 is 0 Å². The third-order valence-corrected chi connectivity index (χ3v) is 5.66. The Morgan fingerprint density at radius 3 is 2.43 bits per heavy atom. The van der Waals surface area contributed by atoms with Crippen molar-refractivity contribution in [3.8, 4) is 0 Å². The minimum atomic E-state index is -0.779. The van der Waals surface area contributed by atoms with Gasteiger partial charge < -0.3 is 16.0 Å². The third-order valence-electron chi connectivity index (χ3n) is 5.35. The summed E-state index contributed by atoms with van der Waals surface area (Å²) in [5.74, 6) is -0.420. The second-order valence-electron chi connectivity index (χ2n) is 7.28. The first-order valence-electron chi connectivity index (χ1n) is 9.65. The molecule has 1 fully saturated rings. The van der Waals surface area contributed by atoms with Crippen LogP contribution in [0, 0.1) is 0 Å². The Morgan fingerprint density at radius 2 is 1.79 bits per heavy atom. The predicted octanol–water partition coefficient (Wildman–Crippen LogP) is 4.38. The molecule has 1 atom stereocenters. The van der Waals surface area contributed by atoms with Crippen molar-refractivity contribution in [3.05, 3.63) is 64.7 Å². The Morgan fingerprint density at radius 1 is 1.11 bits per heavy atom. The summed E-state index contributed by atoms with van der Waals surface area (Å²) in [5.41, 5.74) is 7.70. The molecule has 1 aliphatic carbocycles. The van der Waals surface area contributed by atoms with Gasteiger partial charge in [-0.15, -0.1) is 0 Å². The smallest absolute Gasteiger partial charge is 0.255 e. The maximum absolute atomic E-state index is 12.8. The Labute approximate surface area is 170 Å². The van der Waals surface area contributed by atoms with E-state index in [9.17, 15) is 9.59 Å². The summed E-state index contributed by atoms with van der Waals surface area (Å²) in [5, 5.41) is 3.08. The third kappa shape index (κ3) is 4.72. The van der Waals surface area contributed by atoms with Crippen LogP contribution >= 0.6 is 11.6 Å². The molecule has 2 amide bonds. The molecule has 0 bridgehead atoms. The fourth-order valence-electron chi connectivity index (χ4n) is 3.62. The van der Waals surface area contributed by atoms with Gasteiger partial charge in [0, 0.05) is 18.8 Å². The maximum Gasteiger partial charge on any atom is 0.255 e. The summed E-state index contributed by atoms with van der Waals surface area (Å²) in [6, 6.07) is 13.6. The SMILES string of the molecule is CN(C(=O)c1ccc(NC(=O)C(N)c2ccccc2)cc1Cl)C1CCCCC1. The molecule has 3 N–H and O–H groups in total. The highest BCUT2D eigenvalue weighted by molar-refractivity contribution is 6.34. The second-order valence-corrected chi connectivity index (χ2v) is 7.69. The molecule has 3 rings (SSSR count). The average Bonchev–Trinajstić information content (AvgIpc) is 2.73. The number of hydrogen-bond acceptors (Lipinski definition) is 3. The molecule has 148 valence electrons. The number of rotatable bonds is 5. The first-order valence-corrected chi connectivity index (χ1v) is 10.0. The van der Waals surface area contributed by atoms with Gasteiger partial charge in [0.25, 0.3) is 5.91 Å². The van der Waals surface area contributed by atoms with Crippen molar-refractivity contribution in [1.82, 2.24) is 4.90 Å². The molecule has 2 aromatic carbocycles. The largest absolute Gasteiger partial charge is 0.339 e. The van der Waals surface area contributed by atoms with Crippen LogP contribution in [0.15, 0.2) is 48.5 Å². The summed E-state index contributed by atoms with van der Waals surface area (Å²) in [4.78, 5) is 27.0. The number of benzene rings is 2. The number of nitrogens with zero attached hydrogens (tertiary/aromatic N) is 1. The van der Waals surface area contributed by atoms with E-state index in [-0.39, 0.29) is 17.9 Å². The van der Waals surface area contributed by atoms with Gasteiger partial charge in [-0.05, 0) is 36.6 Å². The number of carbonyl (C=O) groups excluding carboxylic acids is 2. The monoisotopic (exact) mass is 399 g/mol. The van der Waals surface area contributed by atoms with E-state index in [1.165, 1.54) is 6.42 Å². The molecule has 6 heteroatoms. The Kier molecular flexibility index (Phi) is 6.70. The van der Waals surface area contributed by atoms with E-state index in [1.54, 1.807) is 35.2 Å². The lowest BCUT2D eigenvalue weighted by atomic mass is 9.94. The van der Waals surface area contributed by atoms with E-state index in [0.717, 1.165) is 31.2 Å². The lowest BCUT2D eigenvalue weighted by Gasteiger charge is -2.31. The molecule has 28 heavy (non-hydrogen) atoms. The quantitative estimate of drug-likeness (QED) is 0.783. The normalized spacial score (nSPS) is 15.7. The number of nitrogens with two attached hydrogens (primary N) is 1. The van der Waals surface area contributed by atoms with Gasteiger partial charge in [-0.1, -0.05) is 61.2 Å². The average molecular weight is 400 g/mol. The summed E-state index contributed by atoms with van der Waals surface area (Å²) in [6.45, 7) is 0. The molecule has 0 spiro atoms. The molecule has 0 aliphatic heterocycles. The zero-order valence-electron chi connectivity index (χ0n) is 16.0. The maximum atomic E-state index is 12.8. The summed E-state index contributed by atoms with van der Waals surface area (Å²) < 4.78 is 0. The van der Waals surface area contributed by atoms with Crippen LogP contribution in [0.2, 0.25) is 5.02 Å². The molecule has 1 unspecified atom stereocenters. The standard InChI is InChI=1S/C22H26ClN3O2/c1-26(17-10-6-3-7-11-17)22(28)18-13-12-16(14-19(18)23)25-21(27)20(24)15-8-4-2-5-9-15/h2,4-5,8-9,12-14,17,20H,3,6-7,10-11,24H2,1H3,(H,25,27). The van der Waals surface area contributed by atoms with Gasteiger partial charge >= 0.3 is 0 Å². The van der Waals surface area contributed by atoms with Crippen molar-refractivity contribution < 1.29 is 9.59 Å². The van der Waals surface area contributed by atoms with Gasteiger partial charge in [-0.25, -0.2) is 0 Å². The zero-order valence-corrected chi connectivity index (χ0v) is 16.8. The first-order chi connectivity index (χ1) is 13.5. The van der Waals surface area contributed by atoms with Crippen molar-refractivity contribution in [2.45, 2.75) is 44.2 Å². The number of nitrogens with one attached hydrogen (secondary N) is 1. The molecular weight excluding hydrogens is 374 g/mol. The van der Waals surface area contributed by atoms with Crippen molar-refractivity contribution in [1.29, 1.82) is 0 Å². The number of amides is 2. The Hall–Kier alpha value is -2.37. The minimum Gasteiger partial charge on any atom is -0.339 e. The second kappa shape index (κ2) is 9.22.